The van der Waals surface area contributed by atoms with Crippen molar-refractivity contribution in [3.05, 3.63) is 105 Å². The Hall–Kier alpha value is -4.56. The minimum atomic E-state index is -0.450. The van der Waals surface area contributed by atoms with Gasteiger partial charge in [-0.2, -0.15) is 0 Å². The number of halogens is 2. The predicted molar refractivity (Wildman–Crippen MR) is 221 cm³/mol. The van der Waals surface area contributed by atoms with E-state index in [1.54, 1.807) is 0 Å². The molecular formula is C42H40Br2N4O6. The molecule has 2 unspecified atom stereocenters. The Morgan fingerprint density at radius 3 is 1.30 bits per heavy atom. The highest BCUT2D eigenvalue weighted by Crippen LogP contribution is 2.37. The SMILES string of the molecule is CC(OCCCO)Oc1ccc(-c2c3nc(c(Br)c4ccc([nH]4)c(-c4ccc(OC(C)OCCCO)cc4)c4nc(c(Br)c5ccc2[nH]5)C=C4)C=C3)cc1. The molecule has 0 spiro atoms. The van der Waals surface area contributed by atoms with Crippen molar-refractivity contribution in [2.45, 2.75) is 39.3 Å². The van der Waals surface area contributed by atoms with Gasteiger partial charge in [0.2, 0.25) is 0 Å². The van der Waals surface area contributed by atoms with Gasteiger partial charge in [-0.05, 0) is 143 Å². The maximum atomic E-state index is 9.05. The van der Waals surface area contributed by atoms with Gasteiger partial charge >= 0.3 is 0 Å². The van der Waals surface area contributed by atoms with E-state index in [9.17, 15) is 0 Å². The largest absolute Gasteiger partial charge is 0.465 e. The van der Waals surface area contributed by atoms with E-state index in [1.165, 1.54) is 0 Å². The Kier molecular flexibility index (Phi) is 12.1. The molecule has 7 rings (SSSR count). The second kappa shape index (κ2) is 17.3. The van der Waals surface area contributed by atoms with E-state index < -0.39 is 12.6 Å². The summed E-state index contributed by atoms with van der Waals surface area (Å²) >= 11 is 7.71. The smallest absolute Gasteiger partial charge is 0.196 e. The summed E-state index contributed by atoms with van der Waals surface area (Å²) in [7, 11) is 0. The first-order chi connectivity index (χ1) is 26.3. The maximum Gasteiger partial charge on any atom is 0.196 e. The number of H-pyrrole nitrogens is 2. The molecule has 2 aromatic carbocycles. The first-order valence-corrected chi connectivity index (χ1v) is 19.4. The number of aliphatic hydroxyl groups excluding tert-OH is 2. The number of rotatable bonds is 14. The van der Waals surface area contributed by atoms with Crippen molar-refractivity contribution in [1.82, 2.24) is 19.9 Å². The molecule has 5 heterocycles. The molecular weight excluding hydrogens is 816 g/mol. The molecule has 10 nitrogen and oxygen atoms in total. The normalized spacial score (nSPS) is 13.3. The van der Waals surface area contributed by atoms with Crippen molar-refractivity contribution in [1.29, 1.82) is 0 Å². The highest BCUT2D eigenvalue weighted by molar-refractivity contribution is 9.11. The minimum absolute atomic E-state index is 0.0768. The molecule has 2 atom stereocenters. The second-order valence-electron chi connectivity index (χ2n) is 12.7. The van der Waals surface area contributed by atoms with Crippen LogP contribution in [0.2, 0.25) is 0 Å². The molecule has 12 heteroatoms. The van der Waals surface area contributed by atoms with Crippen molar-refractivity contribution in [3.8, 4) is 33.8 Å². The third-order valence-corrected chi connectivity index (χ3v) is 10.5. The number of hydrogen-bond donors (Lipinski definition) is 4. The number of aromatic amines is 2. The van der Waals surface area contributed by atoms with Gasteiger partial charge in [-0.15, -0.1) is 0 Å². The average Bonchev–Trinajstić information content (AvgIpc) is 4.02. The lowest BCUT2D eigenvalue weighted by Crippen LogP contribution is -2.17. The van der Waals surface area contributed by atoms with Gasteiger partial charge in [-0.25, -0.2) is 9.97 Å². The summed E-state index contributed by atoms with van der Waals surface area (Å²) in [6.07, 6.45) is 8.29. The third-order valence-electron chi connectivity index (χ3n) is 8.83. The zero-order valence-electron chi connectivity index (χ0n) is 29.8. The summed E-state index contributed by atoms with van der Waals surface area (Å²) in [4.78, 5) is 17.5. The molecule has 0 amide bonds. The fourth-order valence-electron chi connectivity index (χ4n) is 6.22. The topological polar surface area (TPSA) is 135 Å². The summed E-state index contributed by atoms with van der Waals surface area (Å²) in [5.74, 6) is 1.35. The number of fused-ring (bicyclic) bond motifs is 8. The molecule has 0 radical (unpaired) electrons. The fourth-order valence-corrected chi connectivity index (χ4v) is 7.13. The Morgan fingerprint density at radius 2 is 0.907 bits per heavy atom. The highest BCUT2D eigenvalue weighted by Gasteiger charge is 2.17. The van der Waals surface area contributed by atoms with Crippen LogP contribution in [0.15, 0.2) is 81.7 Å². The van der Waals surface area contributed by atoms with Gasteiger partial charge in [0.25, 0.3) is 0 Å². The number of nitrogens with zero attached hydrogens (tertiary/aromatic N) is 2. The van der Waals surface area contributed by atoms with Gasteiger partial charge in [0.05, 0.1) is 56.0 Å². The molecule has 54 heavy (non-hydrogen) atoms. The van der Waals surface area contributed by atoms with Crippen LogP contribution in [0.3, 0.4) is 0 Å². The predicted octanol–water partition coefficient (Wildman–Crippen LogP) is 9.76. The minimum Gasteiger partial charge on any atom is -0.465 e. The van der Waals surface area contributed by atoms with Crippen molar-refractivity contribution >= 4 is 78.2 Å². The molecule has 278 valence electrons. The summed E-state index contributed by atoms with van der Waals surface area (Å²) in [6, 6.07) is 23.9. The van der Waals surface area contributed by atoms with E-state index in [2.05, 4.69) is 54.0 Å². The van der Waals surface area contributed by atoms with Gasteiger partial charge in [-0.3, -0.25) is 0 Å². The van der Waals surface area contributed by atoms with Crippen LogP contribution in [0.25, 0.3) is 68.6 Å². The van der Waals surface area contributed by atoms with Gasteiger partial charge in [0.1, 0.15) is 11.5 Å². The van der Waals surface area contributed by atoms with E-state index in [0.717, 1.165) is 76.0 Å². The van der Waals surface area contributed by atoms with E-state index in [4.69, 9.17) is 39.1 Å². The summed E-state index contributed by atoms with van der Waals surface area (Å²) in [5.41, 5.74) is 10.4. The van der Waals surface area contributed by atoms with Crippen LogP contribution in [0.5, 0.6) is 11.5 Å². The van der Waals surface area contributed by atoms with Crippen molar-refractivity contribution in [2.24, 2.45) is 0 Å². The van der Waals surface area contributed by atoms with Gasteiger partial charge < -0.3 is 39.1 Å². The van der Waals surface area contributed by atoms with Crippen LogP contribution < -0.4 is 9.47 Å². The molecule has 0 aliphatic carbocycles. The molecule has 5 aromatic rings. The van der Waals surface area contributed by atoms with Crippen molar-refractivity contribution in [3.63, 3.8) is 0 Å². The molecule has 0 saturated heterocycles. The van der Waals surface area contributed by atoms with Crippen LogP contribution in [0.1, 0.15) is 49.5 Å². The standard InChI is InChI=1S/C42H40Br2N4O6/c1-25(51-23-3-21-49)53-29-9-5-27(6-10-29)39-31-13-17-35(45-31)41(43)37-19-15-33(47-37)40(28-7-11-30(12-8-28)54-26(2)52-24-4-22-50)34-16-20-38(48-34)42(44)36-18-14-32(39)46-36/h5-20,25-26,45,48-50H,3-4,21-24H2,1-2H3. The Morgan fingerprint density at radius 1 is 0.537 bits per heavy atom. The summed E-state index contributed by atoms with van der Waals surface area (Å²) < 4.78 is 24.9. The number of aliphatic hydroxyl groups is 2. The van der Waals surface area contributed by atoms with Crippen LogP contribution in [0.4, 0.5) is 0 Å². The van der Waals surface area contributed by atoms with Crippen LogP contribution >= 0.6 is 31.9 Å². The molecule has 3 aromatic heterocycles. The van der Waals surface area contributed by atoms with Crippen LogP contribution in [0, 0.1) is 0 Å². The van der Waals surface area contributed by atoms with Gasteiger partial charge in [0.15, 0.2) is 12.6 Å². The quantitative estimate of drug-likeness (QED) is 0.0628. The monoisotopic (exact) mass is 854 g/mol. The van der Waals surface area contributed by atoms with E-state index in [-0.39, 0.29) is 13.2 Å². The average molecular weight is 857 g/mol. The lowest BCUT2D eigenvalue weighted by molar-refractivity contribution is -0.0699. The van der Waals surface area contributed by atoms with E-state index >= 15 is 0 Å². The lowest BCUT2D eigenvalue weighted by atomic mass is 10.0. The third kappa shape index (κ3) is 8.54. The maximum absolute atomic E-state index is 9.05. The number of aromatic nitrogens is 4. The molecule has 4 N–H and O–H groups in total. The highest BCUT2D eigenvalue weighted by atomic mass is 79.9. The molecule has 0 saturated carbocycles. The lowest BCUT2D eigenvalue weighted by Gasteiger charge is -2.15. The van der Waals surface area contributed by atoms with Gasteiger partial charge in [0, 0.05) is 35.4 Å². The summed E-state index contributed by atoms with van der Waals surface area (Å²) in [5, 5.41) is 18.1. The number of nitrogens with one attached hydrogen (secondary N) is 2. The molecule has 2 aliphatic heterocycles. The van der Waals surface area contributed by atoms with Crippen LogP contribution in [-0.4, -0.2) is 69.2 Å². The van der Waals surface area contributed by atoms with Crippen molar-refractivity contribution in [2.75, 3.05) is 26.4 Å². The van der Waals surface area contributed by atoms with E-state index in [1.807, 2.05) is 98.8 Å². The zero-order valence-corrected chi connectivity index (χ0v) is 33.0. The molecule has 2 aliphatic rings. The number of ether oxygens (including phenoxy) is 4. The Balaban J connectivity index is 1.33. The first-order valence-electron chi connectivity index (χ1n) is 17.8. The number of benzene rings is 2. The molecule has 0 fully saturated rings. The van der Waals surface area contributed by atoms with Crippen LogP contribution in [-0.2, 0) is 9.47 Å². The fraction of sp³-hybridized carbons (Fsp3) is 0.238. The first kappa shape index (κ1) is 37.7. The Bertz CT molecular complexity index is 2170. The summed E-state index contributed by atoms with van der Waals surface area (Å²) in [6.45, 7) is 4.68. The van der Waals surface area contributed by atoms with Crippen molar-refractivity contribution < 1.29 is 29.2 Å². The van der Waals surface area contributed by atoms with E-state index in [0.29, 0.717) is 37.6 Å². The number of hydrogen-bond acceptors (Lipinski definition) is 8. The van der Waals surface area contributed by atoms with Gasteiger partial charge in [-0.1, -0.05) is 24.3 Å². The Labute approximate surface area is 329 Å². The second-order valence-corrected chi connectivity index (χ2v) is 14.3. The zero-order chi connectivity index (χ0) is 37.6. The molecule has 8 bridgehead atoms.